The molecular weight excluding hydrogens is 219 g/mol. The van der Waals surface area contributed by atoms with Crippen molar-refractivity contribution in [3.8, 4) is 5.75 Å². The van der Waals surface area contributed by atoms with Crippen LogP contribution in [-0.2, 0) is 0 Å². The largest absolute Gasteiger partial charge is 0.491 e. The number of hydrogen-bond acceptors (Lipinski definition) is 3. The molecular formula is C7H5BF4O3. The lowest BCUT2D eigenvalue weighted by Crippen LogP contribution is -2.33. The van der Waals surface area contributed by atoms with E-state index in [4.69, 9.17) is 10.0 Å². The topological polar surface area (TPSA) is 49.7 Å². The lowest BCUT2D eigenvalue weighted by Gasteiger charge is -2.09. The van der Waals surface area contributed by atoms with Gasteiger partial charge in [-0.25, -0.2) is 8.78 Å². The van der Waals surface area contributed by atoms with Gasteiger partial charge in [0.2, 0.25) is 0 Å². The van der Waals surface area contributed by atoms with Gasteiger partial charge < -0.3 is 14.8 Å². The SMILES string of the molecule is OB(O)c1cc(F)cc(OC(F)F)c1F. The molecule has 0 spiro atoms. The van der Waals surface area contributed by atoms with Gasteiger partial charge in [0.1, 0.15) is 5.82 Å². The van der Waals surface area contributed by atoms with Crippen LogP contribution >= 0.6 is 0 Å². The Labute approximate surface area is 82.1 Å². The van der Waals surface area contributed by atoms with Crippen LogP contribution in [0.15, 0.2) is 12.1 Å². The predicted molar refractivity (Wildman–Crippen MR) is 42.8 cm³/mol. The van der Waals surface area contributed by atoms with Crippen molar-refractivity contribution in [3.05, 3.63) is 23.8 Å². The van der Waals surface area contributed by atoms with Crippen molar-refractivity contribution >= 4 is 12.6 Å². The van der Waals surface area contributed by atoms with Crippen LogP contribution in [0.3, 0.4) is 0 Å². The van der Waals surface area contributed by atoms with Crippen LogP contribution in [-0.4, -0.2) is 23.8 Å². The average molecular weight is 224 g/mol. The molecule has 0 fully saturated rings. The lowest BCUT2D eigenvalue weighted by molar-refractivity contribution is -0.0522. The first kappa shape index (κ1) is 11.8. The number of benzene rings is 1. The molecule has 1 rings (SSSR count). The van der Waals surface area contributed by atoms with E-state index in [0.717, 1.165) is 0 Å². The molecule has 0 radical (unpaired) electrons. The van der Waals surface area contributed by atoms with Crippen molar-refractivity contribution in [2.24, 2.45) is 0 Å². The van der Waals surface area contributed by atoms with Crippen LogP contribution in [0.2, 0.25) is 0 Å². The van der Waals surface area contributed by atoms with Crippen LogP contribution in [0.1, 0.15) is 0 Å². The molecule has 0 unspecified atom stereocenters. The van der Waals surface area contributed by atoms with Crippen molar-refractivity contribution in [2.45, 2.75) is 6.61 Å². The lowest BCUT2D eigenvalue weighted by atomic mass is 9.79. The molecule has 8 heteroatoms. The quantitative estimate of drug-likeness (QED) is 0.571. The molecule has 0 aliphatic carbocycles. The molecule has 0 atom stereocenters. The van der Waals surface area contributed by atoms with E-state index in [2.05, 4.69) is 4.74 Å². The van der Waals surface area contributed by atoms with Crippen molar-refractivity contribution in [2.75, 3.05) is 0 Å². The second-order valence-corrected chi connectivity index (χ2v) is 2.56. The summed E-state index contributed by atoms with van der Waals surface area (Å²) in [7, 11) is -2.30. The summed E-state index contributed by atoms with van der Waals surface area (Å²) in [5, 5.41) is 17.2. The summed E-state index contributed by atoms with van der Waals surface area (Å²) in [4.78, 5) is 0. The molecule has 0 amide bonds. The first-order valence-corrected chi connectivity index (χ1v) is 3.71. The minimum atomic E-state index is -3.33. The van der Waals surface area contributed by atoms with E-state index >= 15 is 0 Å². The summed E-state index contributed by atoms with van der Waals surface area (Å²) in [5.74, 6) is -3.63. The zero-order valence-electron chi connectivity index (χ0n) is 7.12. The number of rotatable bonds is 3. The Morgan fingerprint density at radius 1 is 1.20 bits per heavy atom. The summed E-state index contributed by atoms with van der Waals surface area (Å²) in [5.41, 5.74) is -0.870. The van der Waals surface area contributed by atoms with E-state index < -0.39 is 36.6 Å². The third-order valence-electron chi connectivity index (χ3n) is 1.53. The average Bonchev–Trinajstić information content (AvgIpc) is 2.09. The van der Waals surface area contributed by atoms with Crippen molar-refractivity contribution in [3.63, 3.8) is 0 Å². The molecule has 1 aromatic carbocycles. The molecule has 0 bridgehead atoms. The molecule has 0 aliphatic rings. The maximum absolute atomic E-state index is 13.1. The molecule has 15 heavy (non-hydrogen) atoms. The molecule has 2 N–H and O–H groups in total. The smallest absolute Gasteiger partial charge is 0.432 e. The maximum atomic E-state index is 13.1. The van der Waals surface area contributed by atoms with Gasteiger partial charge in [0.25, 0.3) is 0 Å². The van der Waals surface area contributed by atoms with Gasteiger partial charge in [0.05, 0.1) is 0 Å². The second kappa shape index (κ2) is 4.50. The Morgan fingerprint density at radius 2 is 1.80 bits per heavy atom. The number of halogens is 4. The van der Waals surface area contributed by atoms with Crippen molar-refractivity contribution < 1.29 is 32.3 Å². The first-order valence-electron chi connectivity index (χ1n) is 3.71. The van der Waals surface area contributed by atoms with Crippen molar-refractivity contribution in [1.29, 1.82) is 0 Å². The fourth-order valence-electron chi connectivity index (χ4n) is 0.954. The Bertz CT molecular complexity index is 358. The summed E-state index contributed by atoms with van der Waals surface area (Å²) >= 11 is 0. The van der Waals surface area contributed by atoms with Crippen LogP contribution < -0.4 is 10.2 Å². The number of ether oxygens (including phenoxy) is 1. The van der Waals surface area contributed by atoms with Gasteiger partial charge in [-0.3, -0.25) is 0 Å². The predicted octanol–water partition coefficient (Wildman–Crippen LogP) is 0.246. The third-order valence-corrected chi connectivity index (χ3v) is 1.53. The molecule has 0 saturated carbocycles. The molecule has 82 valence electrons. The van der Waals surface area contributed by atoms with Gasteiger partial charge in [-0.05, 0) is 6.07 Å². The highest BCUT2D eigenvalue weighted by Crippen LogP contribution is 2.19. The van der Waals surface area contributed by atoms with E-state index in [0.29, 0.717) is 12.1 Å². The van der Waals surface area contributed by atoms with E-state index in [-0.39, 0.29) is 0 Å². The molecule has 0 saturated heterocycles. The van der Waals surface area contributed by atoms with Gasteiger partial charge in [0.15, 0.2) is 11.6 Å². The Hall–Kier alpha value is -1.28. The molecule has 3 nitrogen and oxygen atoms in total. The molecule has 0 aliphatic heterocycles. The standard InChI is InChI=1S/C7H5BF4O3/c9-3-1-4(8(13)14)6(10)5(2-3)15-7(11)12/h1-2,7,13-14H. The summed E-state index contributed by atoms with van der Waals surface area (Å²) in [6, 6.07) is 0.853. The Kier molecular flexibility index (Phi) is 3.54. The van der Waals surface area contributed by atoms with Crippen LogP contribution in [0, 0.1) is 11.6 Å². The highest BCUT2D eigenvalue weighted by atomic mass is 19.3. The van der Waals surface area contributed by atoms with Gasteiger partial charge in [0, 0.05) is 11.5 Å². The van der Waals surface area contributed by atoms with E-state index in [1.54, 1.807) is 0 Å². The first-order chi connectivity index (χ1) is 6.91. The summed E-state index contributed by atoms with van der Waals surface area (Å²) in [6.07, 6.45) is 0. The normalized spacial score (nSPS) is 10.6. The van der Waals surface area contributed by atoms with E-state index in [1.807, 2.05) is 0 Å². The van der Waals surface area contributed by atoms with Gasteiger partial charge >= 0.3 is 13.7 Å². The highest BCUT2D eigenvalue weighted by molar-refractivity contribution is 6.58. The highest BCUT2D eigenvalue weighted by Gasteiger charge is 2.23. The van der Waals surface area contributed by atoms with Gasteiger partial charge in [-0.1, -0.05) is 0 Å². The zero-order valence-corrected chi connectivity index (χ0v) is 7.12. The summed E-state index contributed by atoms with van der Waals surface area (Å²) < 4.78 is 52.9. The second-order valence-electron chi connectivity index (χ2n) is 2.56. The van der Waals surface area contributed by atoms with Gasteiger partial charge in [-0.15, -0.1) is 0 Å². The zero-order chi connectivity index (χ0) is 11.6. The summed E-state index contributed by atoms with van der Waals surface area (Å²) in [6.45, 7) is -3.33. The monoisotopic (exact) mass is 224 g/mol. The Morgan fingerprint density at radius 3 is 2.27 bits per heavy atom. The van der Waals surface area contributed by atoms with Crippen LogP contribution in [0.5, 0.6) is 5.75 Å². The fraction of sp³-hybridized carbons (Fsp3) is 0.143. The van der Waals surface area contributed by atoms with Crippen LogP contribution in [0.4, 0.5) is 17.6 Å². The van der Waals surface area contributed by atoms with Crippen LogP contribution in [0.25, 0.3) is 0 Å². The Balaban J connectivity index is 3.16. The molecule has 1 aromatic rings. The molecule has 0 aromatic heterocycles. The number of alkyl halides is 2. The number of hydrogen-bond donors (Lipinski definition) is 2. The molecule has 0 heterocycles. The van der Waals surface area contributed by atoms with E-state index in [9.17, 15) is 17.6 Å². The van der Waals surface area contributed by atoms with Crippen molar-refractivity contribution in [1.82, 2.24) is 0 Å². The van der Waals surface area contributed by atoms with Gasteiger partial charge in [-0.2, -0.15) is 8.78 Å². The minimum Gasteiger partial charge on any atom is -0.432 e. The third kappa shape index (κ3) is 2.83. The van der Waals surface area contributed by atoms with E-state index in [1.165, 1.54) is 0 Å². The minimum absolute atomic E-state index is 0.382. The maximum Gasteiger partial charge on any atom is 0.491 e. The fourth-order valence-corrected chi connectivity index (χ4v) is 0.954.